The standard InChI is InChI=1S/C19H20ClF4N3O5S/c1-5-31-18(29)9-7(3)13(19(30)32-6-2)33-17(9)25-16(28)8(4)27-12(15(23)24)10(20)11(26-27)14(21)22/h8,14-15H,5-6H2,1-4H3,(H,25,28). The molecule has 33 heavy (non-hydrogen) atoms. The summed E-state index contributed by atoms with van der Waals surface area (Å²) in [7, 11) is 0. The van der Waals surface area contributed by atoms with E-state index in [1.807, 2.05) is 0 Å². The third-order valence-electron chi connectivity index (χ3n) is 4.40. The molecule has 2 aromatic rings. The number of amides is 1. The number of alkyl halides is 4. The second-order valence-corrected chi connectivity index (χ2v) is 7.90. The molecule has 0 aliphatic carbocycles. The van der Waals surface area contributed by atoms with E-state index >= 15 is 0 Å². The molecule has 0 spiro atoms. The van der Waals surface area contributed by atoms with Crippen molar-refractivity contribution < 1.29 is 41.4 Å². The Labute approximate surface area is 194 Å². The Kier molecular flexibility index (Phi) is 8.83. The van der Waals surface area contributed by atoms with Gasteiger partial charge in [0.15, 0.2) is 0 Å². The second-order valence-electron chi connectivity index (χ2n) is 6.50. The van der Waals surface area contributed by atoms with Crippen molar-refractivity contribution in [2.24, 2.45) is 0 Å². The van der Waals surface area contributed by atoms with Crippen LogP contribution in [0, 0.1) is 6.92 Å². The van der Waals surface area contributed by atoms with Gasteiger partial charge in [-0.2, -0.15) is 5.10 Å². The number of esters is 2. The number of anilines is 1. The molecule has 8 nitrogen and oxygen atoms in total. The van der Waals surface area contributed by atoms with E-state index in [9.17, 15) is 31.9 Å². The molecule has 0 radical (unpaired) electrons. The Bertz CT molecular complexity index is 1060. The number of halogens is 5. The Balaban J connectivity index is 2.47. The van der Waals surface area contributed by atoms with Crippen LogP contribution in [0.4, 0.5) is 22.6 Å². The molecule has 182 valence electrons. The van der Waals surface area contributed by atoms with Crippen LogP contribution in [0.25, 0.3) is 0 Å². The van der Waals surface area contributed by atoms with Gasteiger partial charge in [0, 0.05) is 0 Å². The van der Waals surface area contributed by atoms with E-state index in [-0.39, 0.29) is 34.2 Å². The zero-order valence-electron chi connectivity index (χ0n) is 17.9. The maximum Gasteiger partial charge on any atom is 0.348 e. The Morgan fingerprint density at radius 3 is 2.18 bits per heavy atom. The number of hydrogen-bond donors (Lipinski definition) is 1. The molecule has 14 heteroatoms. The number of thiophene rings is 1. The van der Waals surface area contributed by atoms with E-state index < -0.39 is 53.1 Å². The van der Waals surface area contributed by atoms with Gasteiger partial charge in [-0.25, -0.2) is 31.8 Å². The lowest BCUT2D eigenvalue weighted by Gasteiger charge is -2.15. The first-order valence-electron chi connectivity index (χ1n) is 9.58. The van der Waals surface area contributed by atoms with Crippen molar-refractivity contribution in [1.29, 1.82) is 0 Å². The second kappa shape index (κ2) is 11.0. The molecule has 2 rings (SSSR count). The SMILES string of the molecule is CCOC(=O)c1sc(NC(=O)C(C)n2nc(C(F)F)c(Cl)c2C(F)F)c(C(=O)OCC)c1C. The first kappa shape index (κ1) is 26.6. The van der Waals surface area contributed by atoms with Crippen LogP contribution in [-0.4, -0.2) is 40.8 Å². The highest BCUT2D eigenvalue weighted by molar-refractivity contribution is 7.18. The maximum atomic E-state index is 13.5. The molecule has 1 atom stereocenters. The number of nitrogens with one attached hydrogen (secondary N) is 1. The van der Waals surface area contributed by atoms with Gasteiger partial charge in [0.25, 0.3) is 12.9 Å². The van der Waals surface area contributed by atoms with Gasteiger partial charge in [-0.1, -0.05) is 11.6 Å². The zero-order chi connectivity index (χ0) is 25.0. The van der Waals surface area contributed by atoms with E-state index in [0.717, 1.165) is 18.3 Å². The highest BCUT2D eigenvalue weighted by atomic mass is 35.5. The molecule has 2 heterocycles. The van der Waals surface area contributed by atoms with Crippen molar-refractivity contribution in [3.63, 3.8) is 0 Å². The highest BCUT2D eigenvalue weighted by Crippen LogP contribution is 2.38. The number of carbonyl (C=O) groups is 3. The molecule has 0 fully saturated rings. The van der Waals surface area contributed by atoms with Crippen LogP contribution in [0.3, 0.4) is 0 Å². The fourth-order valence-corrected chi connectivity index (χ4v) is 4.23. The van der Waals surface area contributed by atoms with Gasteiger partial charge in [-0.15, -0.1) is 11.3 Å². The van der Waals surface area contributed by atoms with E-state index in [2.05, 4.69) is 10.4 Å². The minimum atomic E-state index is -3.29. The van der Waals surface area contributed by atoms with Crippen LogP contribution in [-0.2, 0) is 14.3 Å². The Morgan fingerprint density at radius 1 is 1.09 bits per heavy atom. The lowest BCUT2D eigenvalue weighted by molar-refractivity contribution is -0.119. The van der Waals surface area contributed by atoms with E-state index in [4.69, 9.17) is 21.1 Å². The summed E-state index contributed by atoms with van der Waals surface area (Å²) in [5, 5.41) is 4.71. The van der Waals surface area contributed by atoms with Gasteiger partial charge in [-0.3, -0.25) is 4.79 Å². The van der Waals surface area contributed by atoms with E-state index in [1.165, 1.54) is 6.92 Å². The van der Waals surface area contributed by atoms with Gasteiger partial charge < -0.3 is 14.8 Å². The molecule has 0 aromatic carbocycles. The first-order chi connectivity index (χ1) is 15.5. The monoisotopic (exact) mass is 513 g/mol. The predicted molar refractivity (Wildman–Crippen MR) is 111 cm³/mol. The lowest BCUT2D eigenvalue weighted by Crippen LogP contribution is -2.26. The van der Waals surface area contributed by atoms with Crippen LogP contribution in [0.1, 0.15) is 76.6 Å². The third-order valence-corrected chi connectivity index (χ3v) is 5.97. The molecule has 0 saturated heterocycles. The number of hydrogen-bond acceptors (Lipinski definition) is 7. The van der Waals surface area contributed by atoms with Crippen molar-refractivity contribution in [2.75, 3.05) is 18.5 Å². The molecular formula is C19H20ClF4N3O5S. The summed E-state index contributed by atoms with van der Waals surface area (Å²) in [4.78, 5) is 37.5. The normalized spacial score (nSPS) is 12.2. The fraction of sp³-hybridized carbons (Fsp3) is 0.474. The van der Waals surface area contributed by atoms with Crippen molar-refractivity contribution in [3.8, 4) is 0 Å². The Hall–Kier alpha value is -2.67. The zero-order valence-corrected chi connectivity index (χ0v) is 19.5. The van der Waals surface area contributed by atoms with Crippen molar-refractivity contribution in [3.05, 3.63) is 32.4 Å². The third kappa shape index (κ3) is 5.46. The van der Waals surface area contributed by atoms with Crippen molar-refractivity contribution in [1.82, 2.24) is 9.78 Å². The summed E-state index contributed by atoms with van der Waals surface area (Å²) in [6.45, 7) is 5.79. The fourth-order valence-electron chi connectivity index (χ4n) is 2.85. The van der Waals surface area contributed by atoms with Crippen molar-refractivity contribution >= 4 is 45.8 Å². The smallest absolute Gasteiger partial charge is 0.348 e. The number of rotatable bonds is 9. The van der Waals surface area contributed by atoms with Crippen LogP contribution >= 0.6 is 22.9 Å². The number of aromatic nitrogens is 2. The predicted octanol–water partition coefficient (Wildman–Crippen LogP) is 5.33. The van der Waals surface area contributed by atoms with Crippen LogP contribution < -0.4 is 5.32 Å². The largest absolute Gasteiger partial charge is 0.462 e. The molecular weight excluding hydrogens is 494 g/mol. The molecule has 2 aromatic heterocycles. The minimum Gasteiger partial charge on any atom is -0.462 e. The first-order valence-corrected chi connectivity index (χ1v) is 10.8. The van der Waals surface area contributed by atoms with Gasteiger partial charge in [0.05, 0.1) is 23.8 Å². The quantitative estimate of drug-likeness (QED) is 0.359. The summed E-state index contributed by atoms with van der Waals surface area (Å²) in [5.74, 6) is -2.54. The minimum absolute atomic E-state index is 0.00654. The molecule has 1 amide bonds. The molecule has 0 saturated carbocycles. The molecule has 1 unspecified atom stereocenters. The lowest BCUT2D eigenvalue weighted by atomic mass is 10.1. The average molecular weight is 514 g/mol. The number of ether oxygens (including phenoxy) is 2. The van der Waals surface area contributed by atoms with Gasteiger partial charge in [-0.05, 0) is 33.3 Å². The summed E-state index contributed by atoms with van der Waals surface area (Å²) in [5.41, 5.74) is -2.06. The molecule has 0 aliphatic heterocycles. The summed E-state index contributed by atoms with van der Waals surface area (Å²) in [6.07, 6.45) is -6.53. The summed E-state index contributed by atoms with van der Waals surface area (Å²) in [6, 6.07) is -1.53. The topological polar surface area (TPSA) is 99.5 Å². The van der Waals surface area contributed by atoms with E-state index in [0.29, 0.717) is 4.68 Å². The summed E-state index contributed by atoms with van der Waals surface area (Å²) >= 11 is 6.35. The van der Waals surface area contributed by atoms with Gasteiger partial charge >= 0.3 is 11.9 Å². The average Bonchev–Trinajstić information content (AvgIpc) is 3.24. The maximum absolute atomic E-state index is 13.5. The Morgan fingerprint density at radius 2 is 1.67 bits per heavy atom. The molecule has 0 aliphatic rings. The highest BCUT2D eigenvalue weighted by Gasteiger charge is 2.33. The van der Waals surface area contributed by atoms with Crippen LogP contribution in [0.15, 0.2) is 0 Å². The van der Waals surface area contributed by atoms with Crippen LogP contribution in [0.2, 0.25) is 5.02 Å². The van der Waals surface area contributed by atoms with Gasteiger partial charge in [0.1, 0.15) is 27.3 Å². The number of carbonyl (C=O) groups excluding carboxylic acids is 3. The number of nitrogens with zero attached hydrogens (tertiary/aromatic N) is 2. The van der Waals surface area contributed by atoms with Crippen molar-refractivity contribution in [2.45, 2.75) is 46.6 Å². The molecule has 1 N–H and O–H groups in total. The summed E-state index contributed by atoms with van der Waals surface area (Å²) < 4.78 is 63.4. The van der Waals surface area contributed by atoms with Crippen LogP contribution in [0.5, 0.6) is 0 Å². The molecule has 0 bridgehead atoms. The van der Waals surface area contributed by atoms with E-state index in [1.54, 1.807) is 13.8 Å². The van der Waals surface area contributed by atoms with Gasteiger partial charge in [0.2, 0.25) is 5.91 Å².